The fourth-order valence-corrected chi connectivity index (χ4v) is 3.69. The van der Waals surface area contributed by atoms with Gasteiger partial charge in [-0.25, -0.2) is 13.4 Å². The summed E-state index contributed by atoms with van der Waals surface area (Å²) in [5.41, 5.74) is 2.33. The van der Waals surface area contributed by atoms with E-state index in [1.165, 1.54) is 6.08 Å². The maximum atomic E-state index is 12.2. The van der Waals surface area contributed by atoms with E-state index >= 15 is 0 Å². The van der Waals surface area contributed by atoms with Gasteiger partial charge in [-0.1, -0.05) is 29.8 Å². The molecule has 0 radical (unpaired) electrons. The van der Waals surface area contributed by atoms with Gasteiger partial charge < -0.3 is 9.88 Å². The number of benzene rings is 1. The molecule has 0 unspecified atom stereocenters. The van der Waals surface area contributed by atoms with Crippen LogP contribution in [0.4, 0.5) is 0 Å². The molecule has 1 amide bonds. The summed E-state index contributed by atoms with van der Waals surface area (Å²) in [6, 6.07) is 7.37. The second-order valence-corrected chi connectivity index (χ2v) is 7.60. The topological polar surface area (TPSA) is 81.1 Å². The molecule has 1 aromatic carbocycles. The summed E-state index contributed by atoms with van der Waals surface area (Å²) < 4.78 is 24.5. The van der Waals surface area contributed by atoms with E-state index in [-0.39, 0.29) is 17.4 Å². The number of rotatable bonds is 3. The highest BCUT2D eigenvalue weighted by Gasteiger charge is 2.24. The zero-order valence-corrected chi connectivity index (χ0v) is 13.7. The van der Waals surface area contributed by atoms with Gasteiger partial charge in [-0.15, -0.1) is 0 Å². The van der Waals surface area contributed by atoms with Crippen molar-refractivity contribution < 1.29 is 13.2 Å². The molecule has 23 heavy (non-hydrogen) atoms. The van der Waals surface area contributed by atoms with E-state index < -0.39 is 15.9 Å². The van der Waals surface area contributed by atoms with Gasteiger partial charge in [0.2, 0.25) is 0 Å². The molecule has 120 valence electrons. The highest BCUT2D eigenvalue weighted by atomic mass is 32.2. The zero-order valence-electron chi connectivity index (χ0n) is 12.9. The van der Waals surface area contributed by atoms with Gasteiger partial charge in [-0.05, 0) is 13.0 Å². The van der Waals surface area contributed by atoms with Gasteiger partial charge in [-0.2, -0.15) is 0 Å². The maximum absolute atomic E-state index is 12.2. The molecule has 0 spiro atoms. The number of carbonyl (C=O) groups is 1. The highest BCUT2D eigenvalue weighted by Crippen LogP contribution is 2.19. The number of sulfone groups is 1. The Morgan fingerprint density at radius 3 is 2.61 bits per heavy atom. The predicted octanol–water partition coefficient (Wildman–Crippen LogP) is 1.44. The summed E-state index contributed by atoms with van der Waals surface area (Å²) in [6.07, 6.45) is 3.12. The minimum atomic E-state index is -3.19. The molecule has 0 bridgehead atoms. The smallest absolute Gasteiger partial charge is 0.271 e. The number of aryl methyl sites for hydroxylation is 2. The second kappa shape index (κ2) is 5.66. The monoisotopic (exact) mass is 331 g/mol. The van der Waals surface area contributed by atoms with Crippen molar-refractivity contribution in [2.45, 2.75) is 13.0 Å². The first-order valence-corrected chi connectivity index (χ1v) is 8.88. The summed E-state index contributed by atoms with van der Waals surface area (Å²) in [4.78, 5) is 16.6. The van der Waals surface area contributed by atoms with Crippen LogP contribution in [0.5, 0.6) is 0 Å². The molecule has 6 nitrogen and oxygen atoms in total. The molecular formula is C16H17N3O3S. The largest absolute Gasteiger partial charge is 0.343 e. The quantitative estimate of drug-likeness (QED) is 0.923. The second-order valence-electron chi connectivity index (χ2n) is 5.66. The van der Waals surface area contributed by atoms with Crippen LogP contribution >= 0.6 is 0 Å². The molecule has 2 heterocycles. The molecule has 1 aromatic heterocycles. The SMILES string of the molecule is Cc1ccc(-c2nc(C(=O)N[C@H]3C=CS(=O)(=O)C3)cn2C)cc1. The molecule has 1 N–H and O–H groups in total. The Hall–Kier alpha value is -2.41. The summed E-state index contributed by atoms with van der Waals surface area (Å²) in [5, 5.41) is 3.80. The van der Waals surface area contributed by atoms with E-state index in [0.29, 0.717) is 5.82 Å². The number of aromatic nitrogens is 2. The molecule has 0 saturated heterocycles. The van der Waals surface area contributed by atoms with Crippen molar-refractivity contribution in [2.24, 2.45) is 7.05 Å². The maximum Gasteiger partial charge on any atom is 0.271 e. The minimum absolute atomic E-state index is 0.101. The number of hydrogen-bond acceptors (Lipinski definition) is 4. The number of amides is 1. The van der Waals surface area contributed by atoms with Crippen molar-refractivity contribution in [3.63, 3.8) is 0 Å². The third-order valence-corrected chi connectivity index (χ3v) is 5.06. The molecule has 1 atom stereocenters. The van der Waals surface area contributed by atoms with Gasteiger partial charge in [0.05, 0.1) is 11.8 Å². The molecular weight excluding hydrogens is 314 g/mol. The standard InChI is InChI=1S/C16H17N3O3S/c1-11-3-5-12(6-4-11)15-18-14(9-19(15)2)16(20)17-13-7-8-23(21,22)10-13/h3-9,13H,10H2,1-2H3,(H,17,20)/t13-/m0/s1. The number of hydrogen-bond donors (Lipinski definition) is 1. The fraction of sp³-hybridized carbons (Fsp3) is 0.250. The van der Waals surface area contributed by atoms with Crippen molar-refractivity contribution in [1.82, 2.24) is 14.9 Å². The van der Waals surface area contributed by atoms with Gasteiger partial charge in [0.25, 0.3) is 5.91 Å². The van der Waals surface area contributed by atoms with Crippen LogP contribution in [0, 0.1) is 6.92 Å². The van der Waals surface area contributed by atoms with Crippen LogP contribution in [0.1, 0.15) is 16.1 Å². The molecule has 0 aliphatic carbocycles. The third-order valence-electron chi connectivity index (χ3n) is 3.67. The number of carbonyl (C=O) groups excluding carboxylic acids is 1. The molecule has 3 rings (SSSR count). The van der Waals surface area contributed by atoms with Crippen molar-refractivity contribution in [3.8, 4) is 11.4 Å². The van der Waals surface area contributed by atoms with Crippen LogP contribution in [0.25, 0.3) is 11.4 Å². The molecule has 0 saturated carbocycles. The van der Waals surface area contributed by atoms with Crippen LogP contribution in [0.2, 0.25) is 0 Å². The molecule has 7 heteroatoms. The van der Waals surface area contributed by atoms with Crippen molar-refractivity contribution in [2.75, 3.05) is 5.75 Å². The number of nitrogens with zero attached hydrogens (tertiary/aromatic N) is 2. The van der Waals surface area contributed by atoms with Gasteiger partial charge in [0, 0.05) is 24.2 Å². The van der Waals surface area contributed by atoms with Gasteiger partial charge >= 0.3 is 0 Å². The highest BCUT2D eigenvalue weighted by molar-refractivity contribution is 7.94. The van der Waals surface area contributed by atoms with Crippen molar-refractivity contribution >= 4 is 15.7 Å². The third kappa shape index (κ3) is 3.34. The zero-order chi connectivity index (χ0) is 16.6. The number of imidazole rings is 1. The first-order chi connectivity index (χ1) is 10.8. The Morgan fingerprint density at radius 1 is 1.30 bits per heavy atom. The van der Waals surface area contributed by atoms with E-state index in [1.807, 2.05) is 38.2 Å². The summed E-state index contributed by atoms with van der Waals surface area (Å²) in [6.45, 7) is 2.00. The summed E-state index contributed by atoms with van der Waals surface area (Å²) in [7, 11) is -1.38. The Labute approximate surface area is 134 Å². The van der Waals surface area contributed by atoms with Crippen molar-refractivity contribution in [3.05, 3.63) is 53.2 Å². The fourth-order valence-electron chi connectivity index (χ4n) is 2.45. The van der Waals surface area contributed by atoms with Crippen LogP contribution in [0.3, 0.4) is 0 Å². The average molecular weight is 331 g/mol. The normalized spacial score (nSPS) is 19.0. The predicted molar refractivity (Wildman–Crippen MR) is 87.6 cm³/mol. The van der Waals surface area contributed by atoms with E-state index in [1.54, 1.807) is 10.8 Å². The molecule has 2 aromatic rings. The van der Waals surface area contributed by atoms with Crippen molar-refractivity contribution in [1.29, 1.82) is 0 Å². The average Bonchev–Trinajstić information content (AvgIpc) is 3.03. The van der Waals surface area contributed by atoms with E-state index in [4.69, 9.17) is 0 Å². The molecule has 1 aliphatic rings. The Morgan fingerprint density at radius 2 is 2.00 bits per heavy atom. The minimum Gasteiger partial charge on any atom is -0.343 e. The molecule has 0 fully saturated rings. The Balaban J connectivity index is 1.79. The van der Waals surface area contributed by atoms with Gasteiger partial charge in [-0.3, -0.25) is 4.79 Å². The molecule has 1 aliphatic heterocycles. The summed E-state index contributed by atoms with van der Waals surface area (Å²) >= 11 is 0. The van der Waals surface area contributed by atoms with Crippen LogP contribution in [-0.2, 0) is 16.9 Å². The Kier molecular flexibility index (Phi) is 3.81. The van der Waals surface area contributed by atoms with Crippen LogP contribution < -0.4 is 5.32 Å². The van der Waals surface area contributed by atoms with Crippen LogP contribution in [0.15, 0.2) is 41.9 Å². The van der Waals surface area contributed by atoms with E-state index in [2.05, 4.69) is 10.3 Å². The first kappa shape index (κ1) is 15.5. The van der Waals surface area contributed by atoms with Gasteiger partial charge in [0.1, 0.15) is 11.5 Å². The lowest BCUT2D eigenvalue weighted by Crippen LogP contribution is -2.35. The first-order valence-electron chi connectivity index (χ1n) is 7.16. The van der Waals surface area contributed by atoms with E-state index in [0.717, 1.165) is 16.5 Å². The lowest BCUT2D eigenvalue weighted by molar-refractivity contribution is 0.0943. The Bertz CT molecular complexity index is 880. The van der Waals surface area contributed by atoms with E-state index in [9.17, 15) is 13.2 Å². The van der Waals surface area contributed by atoms with Crippen LogP contribution in [-0.4, -0.2) is 35.7 Å². The van der Waals surface area contributed by atoms with Gasteiger partial charge in [0.15, 0.2) is 9.84 Å². The lowest BCUT2D eigenvalue weighted by Gasteiger charge is -2.07. The number of nitrogens with one attached hydrogen (secondary N) is 1. The summed E-state index contributed by atoms with van der Waals surface area (Å²) in [5.74, 6) is 0.201. The lowest BCUT2D eigenvalue weighted by atomic mass is 10.1.